The maximum atomic E-state index is 10.7. The second kappa shape index (κ2) is 4.89. The Hall–Kier alpha value is -2.79. The third kappa shape index (κ3) is 2.03. The van der Waals surface area contributed by atoms with Crippen LogP contribution in [0.5, 0.6) is 0 Å². The molecule has 0 spiro atoms. The number of nitrogens with zero attached hydrogens (tertiary/aromatic N) is 2. The molecular formula is C17H10N2O2S. The molecule has 0 fully saturated rings. The van der Waals surface area contributed by atoms with E-state index < -0.39 is 4.92 Å². The van der Waals surface area contributed by atoms with E-state index in [1.54, 1.807) is 23.5 Å². The van der Waals surface area contributed by atoms with Crippen LogP contribution in [0.2, 0.25) is 0 Å². The minimum Gasteiger partial charge on any atom is -0.258 e. The van der Waals surface area contributed by atoms with Crippen molar-refractivity contribution in [2.45, 2.75) is 0 Å². The molecule has 22 heavy (non-hydrogen) atoms. The number of hydrogen-bond acceptors (Lipinski definition) is 4. The molecule has 1 aromatic heterocycles. The lowest BCUT2D eigenvalue weighted by Gasteiger charge is -1.96. The third-order valence-electron chi connectivity index (χ3n) is 3.60. The number of nitro groups is 1. The van der Waals surface area contributed by atoms with Crippen molar-refractivity contribution < 1.29 is 4.92 Å². The molecule has 0 aliphatic heterocycles. The SMILES string of the molecule is O=[N+]([O-])c1ccc(-c2nc3ccc4ccccc4c3s2)cc1. The zero-order valence-electron chi connectivity index (χ0n) is 11.4. The highest BCUT2D eigenvalue weighted by molar-refractivity contribution is 7.22. The molecule has 0 bridgehead atoms. The van der Waals surface area contributed by atoms with Gasteiger partial charge in [-0.25, -0.2) is 4.98 Å². The van der Waals surface area contributed by atoms with Crippen LogP contribution < -0.4 is 0 Å². The molecule has 4 nitrogen and oxygen atoms in total. The van der Waals surface area contributed by atoms with Gasteiger partial charge in [0.05, 0.1) is 15.1 Å². The average molecular weight is 306 g/mol. The topological polar surface area (TPSA) is 56.0 Å². The van der Waals surface area contributed by atoms with E-state index in [1.807, 2.05) is 18.2 Å². The Morgan fingerprint density at radius 3 is 2.50 bits per heavy atom. The molecule has 4 rings (SSSR count). The summed E-state index contributed by atoms with van der Waals surface area (Å²) in [6.45, 7) is 0. The molecule has 0 saturated carbocycles. The summed E-state index contributed by atoms with van der Waals surface area (Å²) in [6, 6.07) is 18.8. The summed E-state index contributed by atoms with van der Waals surface area (Å²) in [4.78, 5) is 15.0. The first kappa shape index (κ1) is 12.9. The van der Waals surface area contributed by atoms with Gasteiger partial charge in [-0.1, -0.05) is 30.3 Å². The fourth-order valence-electron chi connectivity index (χ4n) is 2.50. The zero-order valence-corrected chi connectivity index (χ0v) is 12.2. The fourth-order valence-corrected chi connectivity index (χ4v) is 3.61. The van der Waals surface area contributed by atoms with Crippen molar-refractivity contribution in [1.29, 1.82) is 0 Å². The Balaban J connectivity index is 1.88. The molecule has 5 heteroatoms. The van der Waals surface area contributed by atoms with Gasteiger partial charge < -0.3 is 0 Å². The summed E-state index contributed by atoms with van der Waals surface area (Å²) in [5.41, 5.74) is 1.95. The van der Waals surface area contributed by atoms with Gasteiger partial charge in [0.2, 0.25) is 0 Å². The van der Waals surface area contributed by atoms with Crippen molar-refractivity contribution in [1.82, 2.24) is 4.98 Å². The Kier molecular flexibility index (Phi) is 2.87. The van der Waals surface area contributed by atoms with Gasteiger partial charge in [0.1, 0.15) is 5.01 Å². The number of aromatic nitrogens is 1. The first-order valence-electron chi connectivity index (χ1n) is 6.75. The van der Waals surface area contributed by atoms with Gasteiger partial charge in [-0.15, -0.1) is 11.3 Å². The van der Waals surface area contributed by atoms with Crippen molar-refractivity contribution >= 4 is 38.0 Å². The number of rotatable bonds is 2. The van der Waals surface area contributed by atoms with E-state index in [0.29, 0.717) is 0 Å². The first-order chi connectivity index (χ1) is 10.7. The van der Waals surface area contributed by atoms with Gasteiger partial charge in [0, 0.05) is 23.1 Å². The molecular weight excluding hydrogens is 296 g/mol. The molecule has 0 aliphatic rings. The number of benzene rings is 3. The highest BCUT2D eigenvalue weighted by Crippen LogP contribution is 2.35. The van der Waals surface area contributed by atoms with E-state index in [2.05, 4.69) is 23.2 Å². The van der Waals surface area contributed by atoms with Gasteiger partial charge in [0.15, 0.2) is 0 Å². The van der Waals surface area contributed by atoms with E-state index in [0.717, 1.165) is 20.8 Å². The molecule has 0 atom stereocenters. The zero-order chi connectivity index (χ0) is 15.1. The normalized spacial score (nSPS) is 11.1. The number of thiazole rings is 1. The highest BCUT2D eigenvalue weighted by atomic mass is 32.1. The Labute approximate surface area is 129 Å². The lowest BCUT2D eigenvalue weighted by Crippen LogP contribution is -1.86. The molecule has 0 radical (unpaired) electrons. The van der Waals surface area contributed by atoms with Crippen LogP contribution in [0.4, 0.5) is 5.69 Å². The standard InChI is InChI=1S/C17H10N2O2S/c20-19(21)13-8-5-12(6-9-13)17-18-15-10-7-11-3-1-2-4-14(11)16(15)22-17/h1-10H. The van der Waals surface area contributed by atoms with Gasteiger partial charge in [-0.3, -0.25) is 10.1 Å². The van der Waals surface area contributed by atoms with E-state index in [4.69, 9.17) is 0 Å². The largest absolute Gasteiger partial charge is 0.269 e. The minimum atomic E-state index is -0.393. The Bertz CT molecular complexity index is 1010. The maximum absolute atomic E-state index is 10.7. The van der Waals surface area contributed by atoms with E-state index >= 15 is 0 Å². The van der Waals surface area contributed by atoms with Crippen LogP contribution in [-0.2, 0) is 0 Å². The molecule has 0 N–H and O–H groups in total. The van der Waals surface area contributed by atoms with Gasteiger partial charge in [-0.2, -0.15) is 0 Å². The first-order valence-corrected chi connectivity index (χ1v) is 7.57. The molecule has 3 aromatic carbocycles. The van der Waals surface area contributed by atoms with Crippen LogP contribution in [0.15, 0.2) is 60.7 Å². The number of hydrogen-bond donors (Lipinski definition) is 0. The molecule has 0 amide bonds. The molecule has 0 saturated heterocycles. The number of fused-ring (bicyclic) bond motifs is 3. The molecule has 1 heterocycles. The second-order valence-corrected chi connectivity index (χ2v) is 5.96. The third-order valence-corrected chi connectivity index (χ3v) is 4.76. The predicted octanol–water partition coefficient (Wildman–Crippen LogP) is 5.02. The highest BCUT2D eigenvalue weighted by Gasteiger charge is 2.11. The quantitative estimate of drug-likeness (QED) is 0.386. The van der Waals surface area contributed by atoms with Gasteiger partial charge in [-0.05, 0) is 23.6 Å². The van der Waals surface area contributed by atoms with Crippen molar-refractivity contribution in [3.05, 3.63) is 70.8 Å². The molecule has 0 aliphatic carbocycles. The van der Waals surface area contributed by atoms with Crippen molar-refractivity contribution in [2.24, 2.45) is 0 Å². The minimum absolute atomic E-state index is 0.0929. The smallest absolute Gasteiger partial charge is 0.258 e. The number of nitro benzene ring substituents is 1. The summed E-state index contributed by atoms with van der Waals surface area (Å²) >= 11 is 1.61. The molecule has 0 unspecified atom stereocenters. The van der Waals surface area contributed by atoms with Crippen LogP contribution >= 0.6 is 11.3 Å². The fraction of sp³-hybridized carbons (Fsp3) is 0. The number of non-ortho nitro benzene ring substituents is 1. The summed E-state index contributed by atoms with van der Waals surface area (Å²) in [5.74, 6) is 0. The summed E-state index contributed by atoms with van der Waals surface area (Å²) in [6.07, 6.45) is 0. The van der Waals surface area contributed by atoms with Gasteiger partial charge in [0.25, 0.3) is 5.69 Å². The average Bonchev–Trinajstić information content (AvgIpc) is 2.99. The lowest BCUT2D eigenvalue weighted by atomic mass is 10.1. The van der Waals surface area contributed by atoms with Crippen LogP contribution in [0.3, 0.4) is 0 Å². The van der Waals surface area contributed by atoms with E-state index in [9.17, 15) is 10.1 Å². The summed E-state index contributed by atoms with van der Waals surface area (Å²) in [5, 5.41) is 14.0. The second-order valence-electron chi connectivity index (χ2n) is 4.96. The maximum Gasteiger partial charge on any atom is 0.269 e. The van der Waals surface area contributed by atoms with Crippen LogP contribution in [0.25, 0.3) is 31.6 Å². The Morgan fingerprint density at radius 2 is 1.73 bits per heavy atom. The van der Waals surface area contributed by atoms with Crippen LogP contribution in [-0.4, -0.2) is 9.91 Å². The van der Waals surface area contributed by atoms with Crippen LogP contribution in [0, 0.1) is 10.1 Å². The van der Waals surface area contributed by atoms with Crippen molar-refractivity contribution in [3.63, 3.8) is 0 Å². The lowest BCUT2D eigenvalue weighted by molar-refractivity contribution is -0.384. The van der Waals surface area contributed by atoms with E-state index in [1.165, 1.54) is 22.9 Å². The van der Waals surface area contributed by atoms with Crippen molar-refractivity contribution in [2.75, 3.05) is 0 Å². The molecule has 106 valence electrons. The van der Waals surface area contributed by atoms with E-state index in [-0.39, 0.29) is 5.69 Å². The summed E-state index contributed by atoms with van der Waals surface area (Å²) in [7, 11) is 0. The molecule has 4 aromatic rings. The predicted molar refractivity (Wildman–Crippen MR) is 89.2 cm³/mol. The van der Waals surface area contributed by atoms with Crippen LogP contribution in [0.1, 0.15) is 0 Å². The summed E-state index contributed by atoms with van der Waals surface area (Å²) < 4.78 is 1.14. The van der Waals surface area contributed by atoms with Crippen molar-refractivity contribution in [3.8, 4) is 10.6 Å². The monoisotopic (exact) mass is 306 g/mol. The Morgan fingerprint density at radius 1 is 0.955 bits per heavy atom. The van der Waals surface area contributed by atoms with Gasteiger partial charge >= 0.3 is 0 Å².